The van der Waals surface area contributed by atoms with Crippen molar-refractivity contribution in [3.8, 4) is 39.5 Å². The standard InChI is InChI=1S/C36H36F2N6O3/c1-6-32(45)43-18-20(2)44-30(21(43)3)17-28(41-44)36-33(34-26(38)15-23(37)16-31(34)47-13-12-46-5)24-8-7-9-25(24)35(40-36)22-10-11-29-27(14-22)39-19-42(29)4/h6,10-11,14-17,19-21H,1,7-9,12-13,18H2,2-5H3/t20-,21+/m0/s1. The van der Waals surface area contributed by atoms with Gasteiger partial charge in [0, 0.05) is 44.0 Å². The van der Waals surface area contributed by atoms with Crippen LogP contribution in [0.2, 0.25) is 0 Å². The number of nitrogens with zero attached hydrogens (tertiary/aromatic N) is 6. The summed E-state index contributed by atoms with van der Waals surface area (Å²) in [6, 6.07) is 9.70. The maximum absolute atomic E-state index is 16.1. The number of benzene rings is 2. The SMILES string of the molecule is C=CC(=O)N1C[C@H](C)n2nc(-c3nc(-c4ccc5c(c4)ncn5C)c4c(c3-c3c(F)cc(F)cc3OCCOC)CCC4)cc2[C@H]1C. The molecule has 0 fully saturated rings. The number of carbonyl (C=O) groups excluding carboxylic acids is 1. The van der Waals surface area contributed by atoms with Crippen LogP contribution in [0.15, 0.2) is 55.4 Å². The van der Waals surface area contributed by atoms with Crippen LogP contribution in [-0.2, 0) is 29.4 Å². The topological polar surface area (TPSA) is 87.3 Å². The molecule has 4 heterocycles. The molecule has 11 heteroatoms. The molecule has 0 spiro atoms. The van der Waals surface area contributed by atoms with E-state index in [-0.39, 0.29) is 42.5 Å². The summed E-state index contributed by atoms with van der Waals surface area (Å²) >= 11 is 0. The summed E-state index contributed by atoms with van der Waals surface area (Å²) in [5.41, 5.74) is 7.97. The van der Waals surface area contributed by atoms with Gasteiger partial charge in [0.1, 0.15) is 29.7 Å². The molecule has 2 atom stereocenters. The number of rotatable bonds is 8. The molecule has 2 aromatic carbocycles. The van der Waals surface area contributed by atoms with E-state index in [4.69, 9.17) is 19.6 Å². The minimum Gasteiger partial charge on any atom is -0.490 e. The van der Waals surface area contributed by atoms with Crippen molar-refractivity contribution < 1.29 is 23.0 Å². The van der Waals surface area contributed by atoms with Gasteiger partial charge in [0.25, 0.3) is 0 Å². The highest BCUT2D eigenvalue weighted by Crippen LogP contribution is 2.47. The van der Waals surface area contributed by atoms with Crippen molar-refractivity contribution in [3.05, 3.63) is 83.8 Å². The van der Waals surface area contributed by atoms with E-state index in [1.165, 1.54) is 12.1 Å². The summed E-state index contributed by atoms with van der Waals surface area (Å²) in [6.07, 6.45) is 5.38. The smallest absolute Gasteiger partial charge is 0.246 e. The van der Waals surface area contributed by atoms with Crippen molar-refractivity contribution in [2.45, 2.75) is 45.2 Å². The zero-order valence-electron chi connectivity index (χ0n) is 26.9. The number of carbonyl (C=O) groups is 1. The van der Waals surface area contributed by atoms with Crippen LogP contribution in [0.25, 0.3) is 44.8 Å². The Morgan fingerprint density at radius 2 is 1.87 bits per heavy atom. The maximum atomic E-state index is 16.1. The fraction of sp³-hybridized carbons (Fsp3) is 0.333. The monoisotopic (exact) mass is 638 g/mol. The highest BCUT2D eigenvalue weighted by atomic mass is 19.1. The molecule has 0 bridgehead atoms. The van der Waals surface area contributed by atoms with Gasteiger partial charge in [0.2, 0.25) is 5.91 Å². The molecule has 242 valence electrons. The summed E-state index contributed by atoms with van der Waals surface area (Å²) in [5, 5.41) is 5.04. The Kier molecular flexibility index (Phi) is 7.87. The lowest BCUT2D eigenvalue weighted by Crippen LogP contribution is -2.42. The molecule has 0 radical (unpaired) electrons. The number of hydrogen-bond acceptors (Lipinski definition) is 6. The van der Waals surface area contributed by atoms with Gasteiger partial charge in [-0.15, -0.1) is 0 Å². The van der Waals surface area contributed by atoms with Gasteiger partial charge in [-0.1, -0.05) is 12.6 Å². The minimum atomic E-state index is -0.745. The first-order valence-electron chi connectivity index (χ1n) is 15.8. The third-order valence-corrected chi connectivity index (χ3v) is 9.32. The molecule has 1 aliphatic heterocycles. The van der Waals surface area contributed by atoms with Crippen LogP contribution in [0.4, 0.5) is 8.78 Å². The van der Waals surface area contributed by atoms with E-state index in [2.05, 4.69) is 11.6 Å². The number of imidazole rings is 1. The van der Waals surface area contributed by atoms with Crippen LogP contribution in [0.1, 0.15) is 49.2 Å². The van der Waals surface area contributed by atoms with Crippen LogP contribution in [-0.4, -0.2) is 62.0 Å². The molecule has 7 rings (SSSR count). The fourth-order valence-corrected chi connectivity index (χ4v) is 7.04. The summed E-state index contributed by atoms with van der Waals surface area (Å²) in [5.74, 6) is -1.57. The molecule has 0 N–H and O–H groups in total. The first kappa shape index (κ1) is 30.7. The van der Waals surface area contributed by atoms with E-state index in [0.29, 0.717) is 29.9 Å². The molecule has 3 aromatic heterocycles. The number of fused-ring (bicyclic) bond motifs is 3. The van der Waals surface area contributed by atoms with Gasteiger partial charge in [-0.2, -0.15) is 5.10 Å². The molecule has 0 unspecified atom stereocenters. The summed E-state index contributed by atoms with van der Waals surface area (Å²) in [7, 11) is 3.49. The van der Waals surface area contributed by atoms with Crippen LogP contribution in [0, 0.1) is 11.6 Å². The zero-order chi connectivity index (χ0) is 33.0. The van der Waals surface area contributed by atoms with E-state index < -0.39 is 11.6 Å². The molecule has 1 amide bonds. The number of methoxy groups -OCH3 is 1. The molecule has 47 heavy (non-hydrogen) atoms. The van der Waals surface area contributed by atoms with Crippen LogP contribution < -0.4 is 4.74 Å². The average molecular weight is 639 g/mol. The number of halogens is 2. The maximum Gasteiger partial charge on any atom is 0.246 e. The first-order valence-corrected chi connectivity index (χ1v) is 15.8. The second-order valence-electron chi connectivity index (χ2n) is 12.3. The van der Waals surface area contributed by atoms with Crippen LogP contribution in [0.3, 0.4) is 0 Å². The Hall–Kier alpha value is -4.90. The highest BCUT2D eigenvalue weighted by molar-refractivity contribution is 5.91. The average Bonchev–Trinajstić information content (AvgIpc) is 3.81. The molecule has 0 saturated heterocycles. The second-order valence-corrected chi connectivity index (χ2v) is 12.3. The predicted octanol–water partition coefficient (Wildman–Crippen LogP) is 6.61. The van der Waals surface area contributed by atoms with Crippen molar-refractivity contribution in [1.29, 1.82) is 0 Å². The highest BCUT2D eigenvalue weighted by Gasteiger charge is 2.35. The van der Waals surface area contributed by atoms with Gasteiger partial charge in [0.05, 0.1) is 58.7 Å². The Morgan fingerprint density at radius 3 is 2.66 bits per heavy atom. The third kappa shape index (κ3) is 5.18. The van der Waals surface area contributed by atoms with Gasteiger partial charge >= 0.3 is 0 Å². The second kappa shape index (κ2) is 12.0. The Labute approximate surface area is 271 Å². The van der Waals surface area contributed by atoms with Gasteiger partial charge in [-0.3, -0.25) is 9.48 Å². The molecule has 1 aliphatic carbocycles. The number of hydrogen-bond donors (Lipinski definition) is 0. The van der Waals surface area contributed by atoms with Crippen molar-refractivity contribution in [1.82, 2.24) is 29.2 Å². The Balaban J connectivity index is 1.50. The largest absolute Gasteiger partial charge is 0.490 e. The van der Waals surface area contributed by atoms with E-state index >= 15 is 4.39 Å². The minimum absolute atomic E-state index is 0.0767. The lowest BCUT2D eigenvalue weighted by Gasteiger charge is -2.36. The first-order chi connectivity index (χ1) is 22.7. The van der Waals surface area contributed by atoms with Crippen LogP contribution >= 0.6 is 0 Å². The van der Waals surface area contributed by atoms with Crippen LogP contribution in [0.5, 0.6) is 5.75 Å². The molecular weight excluding hydrogens is 602 g/mol. The molecule has 0 saturated carbocycles. The van der Waals surface area contributed by atoms with E-state index in [1.54, 1.807) is 18.3 Å². The van der Waals surface area contributed by atoms with Crippen molar-refractivity contribution >= 4 is 16.9 Å². The lowest BCUT2D eigenvalue weighted by atomic mass is 9.90. The molecular formula is C36H36F2N6O3. The molecule has 5 aromatic rings. The number of aromatic nitrogens is 5. The number of pyridine rings is 1. The molecule has 9 nitrogen and oxygen atoms in total. The van der Waals surface area contributed by atoms with E-state index in [1.807, 2.05) is 54.4 Å². The van der Waals surface area contributed by atoms with E-state index in [0.717, 1.165) is 58.0 Å². The summed E-state index contributed by atoms with van der Waals surface area (Å²) in [4.78, 5) is 24.4. The number of amides is 1. The van der Waals surface area contributed by atoms with Gasteiger partial charge in [-0.25, -0.2) is 18.7 Å². The van der Waals surface area contributed by atoms with Crippen molar-refractivity contribution in [2.24, 2.45) is 7.05 Å². The Morgan fingerprint density at radius 1 is 1.06 bits per heavy atom. The fourth-order valence-electron chi connectivity index (χ4n) is 7.04. The predicted molar refractivity (Wildman–Crippen MR) is 175 cm³/mol. The summed E-state index contributed by atoms with van der Waals surface area (Å²) in [6.45, 7) is 8.46. The Bertz CT molecular complexity index is 2050. The van der Waals surface area contributed by atoms with Gasteiger partial charge < -0.3 is 18.9 Å². The third-order valence-electron chi connectivity index (χ3n) is 9.32. The number of aryl methyl sites for hydroxylation is 1. The van der Waals surface area contributed by atoms with E-state index in [9.17, 15) is 9.18 Å². The van der Waals surface area contributed by atoms with Gasteiger partial charge in [0.15, 0.2) is 0 Å². The summed E-state index contributed by atoms with van der Waals surface area (Å²) < 4.78 is 45.8. The molecule has 2 aliphatic rings. The number of ether oxygens (including phenoxy) is 2. The van der Waals surface area contributed by atoms with Gasteiger partial charge in [-0.05, 0) is 68.5 Å². The lowest BCUT2D eigenvalue weighted by molar-refractivity contribution is -0.129. The quantitative estimate of drug-likeness (QED) is 0.141. The van der Waals surface area contributed by atoms with Crippen molar-refractivity contribution in [2.75, 3.05) is 26.9 Å². The van der Waals surface area contributed by atoms with Crippen molar-refractivity contribution in [3.63, 3.8) is 0 Å². The zero-order valence-corrected chi connectivity index (χ0v) is 26.9. The normalized spacial score (nSPS) is 17.2.